The third-order valence-corrected chi connectivity index (χ3v) is 4.75. The SMILES string of the molecule is O=C(Nn1ccc2c(nnc3c(-c4ccc(F)cc4)cnn32)c1=O)c1ccc(F)cc1. The van der Waals surface area contributed by atoms with Crippen molar-refractivity contribution in [1.82, 2.24) is 24.5 Å². The average molecular weight is 418 g/mol. The summed E-state index contributed by atoms with van der Waals surface area (Å²) in [5.41, 5.74) is 4.10. The number of carbonyl (C=O) groups excluding carboxylic acids is 1. The standard InChI is InChI=1S/C21H12F2N6O2/c22-14-5-1-12(2-6-14)16-11-24-29-17-9-10-28(21(31)18(17)25-26-19(16)29)27-20(30)13-3-7-15(23)8-4-13/h1-11H,(H,27,30). The molecule has 31 heavy (non-hydrogen) atoms. The molecular formula is C21H12F2N6O2. The Balaban J connectivity index is 1.55. The van der Waals surface area contributed by atoms with Crippen LogP contribution in [0.2, 0.25) is 0 Å². The summed E-state index contributed by atoms with van der Waals surface area (Å²) in [6.45, 7) is 0. The molecular weight excluding hydrogens is 406 g/mol. The third kappa shape index (κ3) is 3.19. The van der Waals surface area contributed by atoms with Gasteiger partial charge in [0.05, 0.1) is 6.20 Å². The Morgan fingerprint density at radius 1 is 0.903 bits per heavy atom. The number of carbonyl (C=O) groups is 1. The van der Waals surface area contributed by atoms with E-state index in [-0.39, 0.29) is 16.9 Å². The van der Waals surface area contributed by atoms with Crippen molar-refractivity contribution >= 4 is 22.6 Å². The van der Waals surface area contributed by atoms with E-state index in [9.17, 15) is 18.4 Å². The maximum atomic E-state index is 13.2. The predicted molar refractivity (Wildman–Crippen MR) is 108 cm³/mol. The molecule has 8 nitrogen and oxygen atoms in total. The highest BCUT2D eigenvalue weighted by Gasteiger charge is 2.15. The summed E-state index contributed by atoms with van der Waals surface area (Å²) in [5.74, 6) is -1.42. The van der Waals surface area contributed by atoms with Crippen LogP contribution in [-0.2, 0) is 0 Å². The molecule has 5 rings (SSSR count). The van der Waals surface area contributed by atoms with Gasteiger partial charge in [-0.15, -0.1) is 10.2 Å². The van der Waals surface area contributed by atoms with Gasteiger partial charge in [-0.25, -0.2) is 18.0 Å². The van der Waals surface area contributed by atoms with Gasteiger partial charge in [-0.1, -0.05) is 12.1 Å². The average Bonchev–Trinajstić information content (AvgIpc) is 3.21. The highest BCUT2D eigenvalue weighted by Crippen LogP contribution is 2.24. The fourth-order valence-electron chi connectivity index (χ4n) is 3.19. The second kappa shape index (κ2) is 7.10. The van der Waals surface area contributed by atoms with Gasteiger partial charge in [0, 0.05) is 17.3 Å². The van der Waals surface area contributed by atoms with Crippen molar-refractivity contribution in [1.29, 1.82) is 0 Å². The normalized spacial score (nSPS) is 11.2. The first kappa shape index (κ1) is 18.6. The largest absolute Gasteiger partial charge is 0.299 e. The molecule has 0 saturated heterocycles. The number of nitrogens with zero attached hydrogens (tertiary/aromatic N) is 5. The van der Waals surface area contributed by atoms with Gasteiger partial charge < -0.3 is 0 Å². The second-order valence-corrected chi connectivity index (χ2v) is 6.67. The molecule has 0 bridgehead atoms. The van der Waals surface area contributed by atoms with E-state index in [1.807, 2.05) is 0 Å². The Labute approximate surface area is 172 Å². The Morgan fingerprint density at radius 2 is 1.58 bits per heavy atom. The summed E-state index contributed by atoms with van der Waals surface area (Å²) >= 11 is 0. The van der Waals surface area contributed by atoms with Gasteiger partial charge in [0.25, 0.3) is 11.5 Å². The molecule has 0 unspecified atom stereocenters. The van der Waals surface area contributed by atoms with Gasteiger partial charge in [-0.05, 0) is 48.0 Å². The number of amides is 1. The molecule has 2 aromatic carbocycles. The molecule has 0 aliphatic rings. The highest BCUT2D eigenvalue weighted by atomic mass is 19.1. The number of hydrogen-bond acceptors (Lipinski definition) is 5. The Hall–Kier alpha value is -4.47. The van der Waals surface area contributed by atoms with Crippen LogP contribution < -0.4 is 11.0 Å². The lowest BCUT2D eigenvalue weighted by molar-refractivity contribution is 0.101. The van der Waals surface area contributed by atoms with Gasteiger partial charge in [0.2, 0.25) is 0 Å². The molecule has 152 valence electrons. The van der Waals surface area contributed by atoms with Crippen LogP contribution in [0.5, 0.6) is 0 Å². The molecule has 0 saturated carbocycles. The number of nitrogens with one attached hydrogen (secondary N) is 1. The number of halogens is 2. The van der Waals surface area contributed by atoms with Crippen LogP contribution in [0.3, 0.4) is 0 Å². The first-order valence-electron chi connectivity index (χ1n) is 9.10. The predicted octanol–water partition coefficient (Wildman–Crippen LogP) is 2.77. The summed E-state index contributed by atoms with van der Waals surface area (Å²) in [7, 11) is 0. The molecule has 1 N–H and O–H groups in total. The Bertz CT molecular complexity index is 1510. The van der Waals surface area contributed by atoms with Gasteiger partial charge in [-0.2, -0.15) is 5.10 Å². The van der Waals surface area contributed by atoms with Crippen molar-refractivity contribution in [2.45, 2.75) is 0 Å². The zero-order valence-electron chi connectivity index (χ0n) is 15.7. The van der Waals surface area contributed by atoms with Crippen molar-refractivity contribution in [2.75, 3.05) is 5.43 Å². The van der Waals surface area contributed by atoms with Crippen LogP contribution in [0.1, 0.15) is 10.4 Å². The summed E-state index contributed by atoms with van der Waals surface area (Å²) in [5, 5.41) is 12.4. The zero-order chi connectivity index (χ0) is 21.5. The molecule has 0 spiro atoms. The summed E-state index contributed by atoms with van der Waals surface area (Å²) < 4.78 is 28.7. The minimum Gasteiger partial charge on any atom is -0.267 e. The third-order valence-electron chi connectivity index (χ3n) is 4.75. The van der Waals surface area contributed by atoms with Crippen molar-refractivity contribution in [3.05, 3.63) is 94.5 Å². The van der Waals surface area contributed by atoms with E-state index in [4.69, 9.17) is 0 Å². The number of aromatic nitrogens is 5. The highest BCUT2D eigenvalue weighted by molar-refractivity contribution is 6.00. The number of fused-ring (bicyclic) bond motifs is 3. The van der Waals surface area contributed by atoms with Crippen LogP contribution in [0.25, 0.3) is 27.8 Å². The lowest BCUT2D eigenvalue weighted by Gasteiger charge is -2.09. The smallest absolute Gasteiger partial charge is 0.267 e. The second-order valence-electron chi connectivity index (χ2n) is 6.67. The van der Waals surface area contributed by atoms with E-state index in [1.54, 1.807) is 24.4 Å². The van der Waals surface area contributed by atoms with Crippen molar-refractivity contribution < 1.29 is 13.6 Å². The maximum absolute atomic E-state index is 13.2. The van der Waals surface area contributed by atoms with Crippen LogP contribution in [0, 0.1) is 11.6 Å². The molecule has 0 fully saturated rings. The topological polar surface area (TPSA) is 94.2 Å². The van der Waals surface area contributed by atoms with Gasteiger partial charge in [0.15, 0.2) is 11.2 Å². The number of hydrogen-bond donors (Lipinski definition) is 1. The van der Waals surface area contributed by atoms with E-state index >= 15 is 0 Å². The van der Waals surface area contributed by atoms with E-state index in [0.717, 1.165) is 16.8 Å². The molecule has 0 aliphatic heterocycles. The monoisotopic (exact) mass is 418 g/mol. The Kier molecular flexibility index (Phi) is 4.25. The van der Waals surface area contributed by atoms with Gasteiger partial charge in [0.1, 0.15) is 17.2 Å². The molecule has 1 amide bonds. The van der Waals surface area contributed by atoms with Crippen LogP contribution in [0.4, 0.5) is 8.78 Å². The molecule has 3 aromatic heterocycles. The van der Waals surface area contributed by atoms with E-state index in [2.05, 4.69) is 20.7 Å². The molecule has 10 heteroatoms. The first-order chi connectivity index (χ1) is 15.0. The zero-order valence-corrected chi connectivity index (χ0v) is 15.7. The number of pyridine rings is 1. The maximum Gasteiger partial charge on any atom is 0.299 e. The molecule has 0 aliphatic carbocycles. The van der Waals surface area contributed by atoms with Crippen LogP contribution in [-0.4, -0.2) is 30.4 Å². The van der Waals surface area contributed by atoms with E-state index in [1.165, 1.54) is 35.0 Å². The summed E-state index contributed by atoms with van der Waals surface area (Å²) in [4.78, 5) is 25.1. The summed E-state index contributed by atoms with van der Waals surface area (Å²) in [6.07, 6.45) is 2.92. The summed E-state index contributed by atoms with van der Waals surface area (Å²) in [6, 6.07) is 12.3. The molecule has 5 aromatic rings. The minimum absolute atomic E-state index is 0.0110. The lowest BCUT2D eigenvalue weighted by Crippen LogP contribution is -2.33. The van der Waals surface area contributed by atoms with Crippen LogP contribution >= 0.6 is 0 Å². The lowest BCUT2D eigenvalue weighted by atomic mass is 10.1. The Morgan fingerprint density at radius 3 is 2.29 bits per heavy atom. The number of benzene rings is 2. The fraction of sp³-hybridized carbons (Fsp3) is 0. The molecule has 3 heterocycles. The van der Waals surface area contributed by atoms with Gasteiger partial charge in [-0.3, -0.25) is 15.0 Å². The first-order valence-corrected chi connectivity index (χ1v) is 9.10. The molecule has 0 radical (unpaired) electrons. The van der Waals surface area contributed by atoms with E-state index in [0.29, 0.717) is 22.3 Å². The quantitative estimate of drug-likeness (QED) is 0.486. The van der Waals surface area contributed by atoms with E-state index < -0.39 is 17.3 Å². The fourth-order valence-corrected chi connectivity index (χ4v) is 3.19. The number of rotatable bonds is 3. The molecule has 0 atom stereocenters. The van der Waals surface area contributed by atoms with Gasteiger partial charge >= 0.3 is 0 Å². The van der Waals surface area contributed by atoms with Crippen molar-refractivity contribution in [2.24, 2.45) is 0 Å². The van der Waals surface area contributed by atoms with Crippen molar-refractivity contribution in [3.8, 4) is 11.1 Å². The minimum atomic E-state index is -0.610. The van der Waals surface area contributed by atoms with Crippen LogP contribution in [0.15, 0.2) is 71.8 Å². The van der Waals surface area contributed by atoms with Crippen molar-refractivity contribution in [3.63, 3.8) is 0 Å².